The van der Waals surface area contributed by atoms with Gasteiger partial charge in [-0.1, -0.05) is 0 Å². The number of aromatic hydroxyl groups is 1. The van der Waals surface area contributed by atoms with Crippen molar-refractivity contribution in [3.05, 3.63) is 29.8 Å². The van der Waals surface area contributed by atoms with E-state index in [2.05, 4.69) is 0 Å². The van der Waals surface area contributed by atoms with Crippen molar-refractivity contribution in [3.8, 4) is 5.75 Å². The number of esters is 1. The number of hydrogen-bond acceptors (Lipinski definition) is 3. The van der Waals surface area contributed by atoms with Gasteiger partial charge in [0.25, 0.3) is 0 Å². The molecule has 0 bridgehead atoms. The first-order chi connectivity index (χ1) is 6.09. The van der Waals surface area contributed by atoms with Crippen LogP contribution in [0.4, 0.5) is 0 Å². The summed E-state index contributed by atoms with van der Waals surface area (Å²) in [5, 5.41) is 8.97. The molecule has 70 valence electrons. The Bertz CT molecular complexity index is 293. The van der Waals surface area contributed by atoms with E-state index in [0.29, 0.717) is 5.56 Å². The molecule has 0 aliphatic carbocycles. The molecule has 1 aromatic rings. The topological polar surface area (TPSA) is 46.5 Å². The summed E-state index contributed by atoms with van der Waals surface area (Å²) in [6.07, 6.45) is -0.124. The van der Waals surface area contributed by atoms with E-state index in [4.69, 9.17) is 9.84 Å². The molecule has 1 rings (SSSR count). The zero-order valence-electron chi connectivity index (χ0n) is 8.36. The Balaban J connectivity index is 0.00000169. The fourth-order valence-corrected chi connectivity index (χ4v) is 0.880. The molecule has 0 saturated heterocycles. The van der Waals surface area contributed by atoms with Gasteiger partial charge >= 0.3 is 25.4 Å². The van der Waals surface area contributed by atoms with Crippen LogP contribution in [-0.4, -0.2) is 17.2 Å². The summed E-state index contributed by atoms with van der Waals surface area (Å²) in [5.74, 6) is -0.226. The minimum atomic E-state index is -0.366. The van der Waals surface area contributed by atoms with Crippen molar-refractivity contribution in [1.29, 1.82) is 0 Å². The summed E-state index contributed by atoms with van der Waals surface area (Å²) in [5.41, 5.74) is 0.450. The van der Waals surface area contributed by atoms with Crippen LogP contribution in [0.3, 0.4) is 0 Å². The molecule has 0 atom stereocenters. The van der Waals surface area contributed by atoms with Crippen LogP contribution in [0, 0.1) is 0 Å². The van der Waals surface area contributed by atoms with Gasteiger partial charge in [0, 0.05) is 0 Å². The monoisotopic (exact) mass is 244 g/mol. The fraction of sp³-hybridized carbons (Fsp3) is 0.300. The maximum atomic E-state index is 11.3. The van der Waals surface area contributed by atoms with Crippen LogP contribution in [0.5, 0.6) is 5.75 Å². The molecule has 1 N–H and O–H groups in total. The zero-order valence-corrected chi connectivity index (χ0v) is 11.3. The van der Waals surface area contributed by atoms with Gasteiger partial charge in [0.2, 0.25) is 0 Å². The molecule has 1 aromatic carbocycles. The quantitative estimate of drug-likeness (QED) is 0.640. The van der Waals surface area contributed by atoms with E-state index in [0.717, 1.165) is 0 Å². The molecule has 0 saturated carbocycles. The SMILES string of the molecule is CC(C)OC(=O)c1ccc(O)cc1.[Zn+2]. The number of rotatable bonds is 2. The Morgan fingerprint density at radius 2 is 1.79 bits per heavy atom. The molecule has 0 radical (unpaired) electrons. The van der Waals surface area contributed by atoms with Gasteiger partial charge in [0.15, 0.2) is 0 Å². The molecule has 0 aliphatic heterocycles. The summed E-state index contributed by atoms with van der Waals surface area (Å²) >= 11 is 0. The van der Waals surface area contributed by atoms with Crippen molar-refractivity contribution in [2.24, 2.45) is 0 Å². The summed E-state index contributed by atoms with van der Waals surface area (Å²) < 4.78 is 4.96. The Labute approximate surface area is 95.8 Å². The van der Waals surface area contributed by atoms with Crippen molar-refractivity contribution >= 4 is 5.97 Å². The third kappa shape index (κ3) is 3.88. The molecule has 0 unspecified atom stereocenters. The molecular weight excluding hydrogens is 233 g/mol. The van der Waals surface area contributed by atoms with Crippen molar-refractivity contribution in [1.82, 2.24) is 0 Å². The largest absolute Gasteiger partial charge is 2.00 e. The number of ether oxygens (including phenoxy) is 1. The van der Waals surface area contributed by atoms with Gasteiger partial charge in [-0.15, -0.1) is 0 Å². The van der Waals surface area contributed by atoms with Gasteiger partial charge < -0.3 is 9.84 Å². The van der Waals surface area contributed by atoms with E-state index in [9.17, 15) is 4.79 Å². The van der Waals surface area contributed by atoms with Crippen molar-refractivity contribution in [2.75, 3.05) is 0 Å². The second-order valence-electron chi connectivity index (χ2n) is 3.00. The van der Waals surface area contributed by atoms with Gasteiger partial charge in [0.05, 0.1) is 11.7 Å². The molecule has 0 heterocycles. The number of hydrogen-bond donors (Lipinski definition) is 1. The molecule has 0 spiro atoms. The average Bonchev–Trinajstić information content (AvgIpc) is 2.04. The van der Waals surface area contributed by atoms with Gasteiger partial charge in [-0.3, -0.25) is 0 Å². The van der Waals surface area contributed by atoms with Crippen LogP contribution in [0.15, 0.2) is 24.3 Å². The second kappa shape index (κ2) is 5.76. The standard InChI is InChI=1S/C10H12O3.Zn/c1-7(2)13-10(12)8-3-5-9(11)6-4-8;/h3-7,11H,1-2H3;/q;+2. The van der Waals surface area contributed by atoms with Crippen LogP contribution in [0.25, 0.3) is 0 Å². The van der Waals surface area contributed by atoms with Crippen LogP contribution in [0.1, 0.15) is 24.2 Å². The zero-order chi connectivity index (χ0) is 9.84. The minimum Gasteiger partial charge on any atom is -0.508 e. The van der Waals surface area contributed by atoms with Crippen LogP contribution < -0.4 is 0 Å². The molecular formula is C10H12O3Zn+2. The first kappa shape index (κ1) is 13.1. The smallest absolute Gasteiger partial charge is 0.508 e. The van der Waals surface area contributed by atoms with E-state index < -0.39 is 0 Å². The average molecular weight is 246 g/mol. The van der Waals surface area contributed by atoms with Crippen LogP contribution in [-0.2, 0) is 24.2 Å². The third-order valence-electron chi connectivity index (χ3n) is 1.45. The van der Waals surface area contributed by atoms with E-state index in [1.807, 2.05) is 0 Å². The Kier molecular flexibility index (Phi) is 5.40. The maximum absolute atomic E-state index is 11.3. The maximum Gasteiger partial charge on any atom is 2.00 e. The molecule has 14 heavy (non-hydrogen) atoms. The summed E-state index contributed by atoms with van der Waals surface area (Å²) in [4.78, 5) is 11.3. The van der Waals surface area contributed by atoms with Crippen molar-refractivity contribution < 1.29 is 34.1 Å². The predicted molar refractivity (Wildman–Crippen MR) is 48.7 cm³/mol. The number of carbonyl (C=O) groups excluding carboxylic acids is 1. The number of phenols is 1. The van der Waals surface area contributed by atoms with Crippen LogP contribution >= 0.6 is 0 Å². The molecule has 3 nitrogen and oxygen atoms in total. The van der Waals surface area contributed by atoms with Gasteiger partial charge in [-0.2, -0.15) is 0 Å². The van der Waals surface area contributed by atoms with E-state index in [1.54, 1.807) is 13.8 Å². The van der Waals surface area contributed by atoms with Crippen molar-refractivity contribution in [3.63, 3.8) is 0 Å². The third-order valence-corrected chi connectivity index (χ3v) is 1.45. The van der Waals surface area contributed by atoms with Crippen LogP contribution in [0.2, 0.25) is 0 Å². The first-order valence-corrected chi connectivity index (χ1v) is 4.09. The fourth-order valence-electron chi connectivity index (χ4n) is 0.880. The number of phenolic OH excluding ortho intramolecular Hbond substituents is 1. The molecule has 0 aromatic heterocycles. The molecule has 0 amide bonds. The Morgan fingerprint density at radius 1 is 1.29 bits per heavy atom. The van der Waals surface area contributed by atoms with Gasteiger partial charge in [-0.05, 0) is 38.1 Å². The predicted octanol–water partition coefficient (Wildman–Crippen LogP) is 1.95. The molecule has 0 fully saturated rings. The first-order valence-electron chi connectivity index (χ1n) is 4.09. The number of carbonyl (C=O) groups is 1. The van der Waals surface area contributed by atoms with Gasteiger partial charge in [0.1, 0.15) is 5.75 Å². The van der Waals surface area contributed by atoms with E-state index >= 15 is 0 Å². The Hall–Kier alpha value is -0.887. The van der Waals surface area contributed by atoms with Gasteiger partial charge in [-0.25, -0.2) is 4.79 Å². The summed E-state index contributed by atoms with van der Waals surface area (Å²) in [6.45, 7) is 3.58. The van der Waals surface area contributed by atoms with E-state index in [-0.39, 0.29) is 37.3 Å². The van der Waals surface area contributed by atoms with Crippen molar-refractivity contribution in [2.45, 2.75) is 20.0 Å². The Morgan fingerprint density at radius 3 is 2.21 bits per heavy atom. The molecule has 0 aliphatic rings. The summed E-state index contributed by atoms with van der Waals surface area (Å²) in [7, 11) is 0. The van der Waals surface area contributed by atoms with E-state index in [1.165, 1.54) is 24.3 Å². The second-order valence-corrected chi connectivity index (χ2v) is 3.00. The number of benzene rings is 1. The summed E-state index contributed by atoms with van der Waals surface area (Å²) in [6, 6.07) is 5.97. The molecule has 4 heteroatoms. The minimum absolute atomic E-state index is 0. The normalized spacial score (nSPS) is 9.36.